The number of nitrogens with zero attached hydrogens (tertiary/aromatic N) is 2. The number of carbonyl (C=O) groups is 2. The Morgan fingerprint density at radius 2 is 1.85 bits per heavy atom. The maximum atomic E-state index is 12.0. The summed E-state index contributed by atoms with van der Waals surface area (Å²) < 4.78 is 9.62. The van der Waals surface area contributed by atoms with E-state index in [-0.39, 0.29) is 19.8 Å². The number of hydrazine groups is 1. The van der Waals surface area contributed by atoms with E-state index in [2.05, 4.69) is 10.6 Å². The lowest BCUT2D eigenvalue weighted by Crippen LogP contribution is -2.49. The van der Waals surface area contributed by atoms with Crippen LogP contribution in [0.5, 0.6) is 0 Å². The molecule has 1 heterocycles. The van der Waals surface area contributed by atoms with E-state index in [1.807, 2.05) is 44.2 Å². The van der Waals surface area contributed by atoms with Crippen LogP contribution >= 0.6 is 0 Å². The molecule has 0 spiro atoms. The minimum Gasteiger partial charge on any atom is -0.449 e. The highest BCUT2D eigenvalue weighted by Gasteiger charge is 2.43. The number of oxime groups is 1. The summed E-state index contributed by atoms with van der Waals surface area (Å²) in [6.45, 7) is 7.44. The van der Waals surface area contributed by atoms with Gasteiger partial charge in [-0.1, -0.05) is 54.5 Å². The predicted octanol–water partition coefficient (Wildman–Crippen LogP) is 2.87. The molecule has 0 bridgehead atoms. The minimum absolute atomic E-state index is 0.0436. The van der Waals surface area contributed by atoms with Gasteiger partial charge in [-0.3, -0.25) is 0 Å². The van der Waals surface area contributed by atoms with Gasteiger partial charge in [-0.05, 0) is 13.8 Å². The van der Waals surface area contributed by atoms with Crippen LogP contribution < -0.4 is 5.43 Å². The van der Waals surface area contributed by atoms with E-state index in [1.165, 1.54) is 0 Å². The van der Waals surface area contributed by atoms with E-state index in [1.54, 1.807) is 13.8 Å². The first-order valence-corrected chi connectivity index (χ1v) is 8.73. The average Bonchev–Trinajstić information content (AvgIpc) is 2.93. The minimum atomic E-state index is -0.870. The Bertz CT molecular complexity index is 677. The number of hydrogen-bond donors (Lipinski definition) is 1. The van der Waals surface area contributed by atoms with Gasteiger partial charge in [0.25, 0.3) is 0 Å². The molecule has 2 rings (SSSR count). The highest BCUT2D eigenvalue weighted by Crippen LogP contribution is 2.34. The maximum Gasteiger partial charge on any atom is 0.454 e. The molecule has 0 saturated carbocycles. The molecule has 1 N–H and O–H groups in total. The van der Waals surface area contributed by atoms with Gasteiger partial charge in [0.2, 0.25) is 0 Å². The first kappa shape index (κ1) is 20.5. The van der Waals surface area contributed by atoms with Gasteiger partial charge in [-0.2, -0.15) is 0 Å². The molecule has 9 nitrogen and oxygen atoms in total. The molecule has 0 aliphatic carbocycles. The fourth-order valence-corrected chi connectivity index (χ4v) is 2.48. The largest absolute Gasteiger partial charge is 0.454 e. The lowest BCUT2D eigenvalue weighted by atomic mass is 9.79. The number of amides is 2. The number of benzene rings is 1. The van der Waals surface area contributed by atoms with Crippen molar-refractivity contribution in [3.63, 3.8) is 0 Å². The molecular formula is C18H25N3O6. The molecule has 1 aliphatic heterocycles. The van der Waals surface area contributed by atoms with Crippen molar-refractivity contribution in [3.8, 4) is 0 Å². The fourth-order valence-electron chi connectivity index (χ4n) is 2.48. The SMILES string of the molecule is CCOC(=O)NN(OCC1ON=C(c2ccccc2)C1(C)C)C(=O)OCC. The van der Waals surface area contributed by atoms with Crippen molar-refractivity contribution >= 4 is 17.9 Å². The van der Waals surface area contributed by atoms with Gasteiger partial charge in [0.05, 0.1) is 24.3 Å². The van der Waals surface area contributed by atoms with E-state index < -0.39 is 23.7 Å². The Labute approximate surface area is 158 Å². The second kappa shape index (κ2) is 9.22. The molecule has 1 atom stereocenters. The van der Waals surface area contributed by atoms with E-state index in [4.69, 9.17) is 19.1 Å². The standard InChI is InChI=1S/C18H25N3O6/c1-5-24-16(22)19-21(17(23)25-6-2)26-12-14-18(3,4)15(20-27-14)13-10-8-7-9-11-13/h7-11,14H,5-6,12H2,1-4H3,(H,19,22). The number of hydroxylamine groups is 1. The van der Waals surface area contributed by atoms with Gasteiger partial charge >= 0.3 is 12.2 Å². The van der Waals surface area contributed by atoms with Crippen molar-refractivity contribution in [1.29, 1.82) is 0 Å². The number of ether oxygens (including phenoxy) is 2. The molecule has 0 aromatic heterocycles. The molecule has 0 fully saturated rings. The maximum absolute atomic E-state index is 12.0. The Hall–Kier alpha value is -2.81. The highest BCUT2D eigenvalue weighted by atomic mass is 16.8. The number of hydrogen-bond acceptors (Lipinski definition) is 7. The average molecular weight is 379 g/mol. The third kappa shape index (κ3) is 5.10. The number of nitrogens with one attached hydrogen (secondary N) is 1. The molecule has 27 heavy (non-hydrogen) atoms. The summed E-state index contributed by atoms with van der Waals surface area (Å²) in [6.07, 6.45) is -2.18. The Kier molecular flexibility index (Phi) is 7.00. The Morgan fingerprint density at radius 1 is 1.19 bits per heavy atom. The third-order valence-electron chi connectivity index (χ3n) is 3.99. The first-order chi connectivity index (χ1) is 12.9. The van der Waals surface area contributed by atoms with Gasteiger partial charge < -0.3 is 14.3 Å². The smallest absolute Gasteiger partial charge is 0.449 e. The van der Waals surface area contributed by atoms with Crippen LogP contribution in [-0.2, 0) is 19.1 Å². The van der Waals surface area contributed by atoms with Crippen LogP contribution in [0.1, 0.15) is 33.3 Å². The summed E-state index contributed by atoms with van der Waals surface area (Å²) in [5, 5.41) is 4.78. The molecule has 1 aromatic rings. The Morgan fingerprint density at radius 3 is 2.48 bits per heavy atom. The van der Waals surface area contributed by atoms with Crippen LogP contribution in [0.25, 0.3) is 0 Å². The van der Waals surface area contributed by atoms with Gasteiger partial charge in [-0.15, -0.1) is 0 Å². The summed E-state index contributed by atoms with van der Waals surface area (Å²) in [5.41, 5.74) is 3.42. The molecule has 1 unspecified atom stereocenters. The van der Waals surface area contributed by atoms with Crippen LogP contribution in [0.3, 0.4) is 0 Å². The molecule has 148 valence electrons. The van der Waals surface area contributed by atoms with Crippen LogP contribution in [-0.4, -0.2) is 49.0 Å². The first-order valence-electron chi connectivity index (χ1n) is 8.73. The zero-order valence-electron chi connectivity index (χ0n) is 15.9. The van der Waals surface area contributed by atoms with E-state index in [0.717, 1.165) is 11.3 Å². The normalized spacial score (nSPS) is 17.5. The van der Waals surface area contributed by atoms with Crippen molar-refractivity contribution in [2.24, 2.45) is 10.6 Å². The van der Waals surface area contributed by atoms with Gasteiger partial charge in [0.15, 0.2) is 6.10 Å². The number of carbonyl (C=O) groups excluding carboxylic acids is 2. The lowest BCUT2D eigenvalue weighted by Gasteiger charge is -2.28. The van der Waals surface area contributed by atoms with E-state index in [9.17, 15) is 9.59 Å². The molecule has 0 saturated heterocycles. The van der Waals surface area contributed by atoms with Crippen LogP contribution in [0.2, 0.25) is 0 Å². The summed E-state index contributed by atoms with van der Waals surface area (Å²) >= 11 is 0. The zero-order chi connectivity index (χ0) is 19.9. The van der Waals surface area contributed by atoms with Crippen molar-refractivity contribution in [2.75, 3.05) is 19.8 Å². The van der Waals surface area contributed by atoms with Crippen molar-refractivity contribution in [3.05, 3.63) is 35.9 Å². The second-order valence-electron chi connectivity index (χ2n) is 6.24. The van der Waals surface area contributed by atoms with Crippen molar-refractivity contribution in [2.45, 2.75) is 33.8 Å². The zero-order valence-corrected chi connectivity index (χ0v) is 15.9. The van der Waals surface area contributed by atoms with Crippen LogP contribution in [0.15, 0.2) is 35.5 Å². The Balaban J connectivity index is 2.02. The summed E-state index contributed by atoms with van der Waals surface area (Å²) in [6, 6.07) is 9.65. The fraction of sp³-hybridized carbons (Fsp3) is 0.500. The summed E-state index contributed by atoms with van der Waals surface area (Å²) in [4.78, 5) is 34.5. The van der Waals surface area contributed by atoms with Gasteiger partial charge in [-0.25, -0.2) is 19.9 Å². The molecule has 0 radical (unpaired) electrons. The van der Waals surface area contributed by atoms with Crippen LogP contribution in [0, 0.1) is 5.41 Å². The quantitative estimate of drug-likeness (QED) is 0.763. The molecule has 9 heteroatoms. The summed E-state index contributed by atoms with van der Waals surface area (Å²) in [7, 11) is 0. The third-order valence-corrected chi connectivity index (χ3v) is 3.99. The molecular weight excluding hydrogens is 354 g/mol. The van der Waals surface area contributed by atoms with E-state index >= 15 is 0 Å². The molecule has 2 amide bonds. The van der Waals surface area contributed by atoms with Gasteiger partial charge in [0.1, 0.15) is 6.61 Å². The summed E-state index contributed by atoms with van der Waals surface area (Å²) in [5.74, 6) is 0. The lowest BCUT2D eigenvalue weighted by molar-refractivity contribution is -0.191. The van der Waals surface area contributed by atoms with Crippen molar-refractivity contribution in [1.82, 2.24) is 10.6 Å². The molecule has 1 aromatic carbocycles. The van der Waals surface area contributed by atoms with Crippen LogP contribution in [0.4, 0.5) is 9.59 Å². The second-order valence-corrected chi connectivity index (χ2v) is 6.24. The number of rotatable bonds is 6. The molecule has 1 aliphatic rings. The van der Waals surface area contributed by atoms with Gasteiger partial charge in [0, 0.05) is 5.56 Å². The monoisotopic (exact) mass is 379 g/mol. The predicted molar refractivity (Wildman–Crippen MR) is 96.6 cm³/mol. The van der Waals surface area contributed by atoms with E-state index in [0.29, 0.717) is 5.17 Å². The van der Waals surface area contributed by atoms with Crippen molar-refractivity contribution < 1.29 is 28.7 Å². The highest BCUT2D eigenvalue weighted by molar-refractivity contribution is 6.05. The topological polar surface area (TPSA) is 98.7 Å².